The van der Waals surface area contributed by atoms with Crippen LogP contribution in [0, 0.1) is 11.6 Å². The minimum absolute atomic E-state index is 0.195. The summed E-state index contributed by atoms with van der Waals surface area (Å²) >= 11 is 0. The molecule has 1 aliphatic rings. The second-order valence-electron chi connectivity index (χ2n) is 4.83. The van der Waals surface area contributed by atoms with E-state index in [9.17, 15) is 13.9 Å². The first-order valence-corrected chi connectivity index (χ1v) is 5.98. The van der Waals surface area contributed by atoms with E-state index in [2.05, 4.69) is 0 Å². The molecule has 0 radical (unpaired) electrons. The maximum Gasteiger partial charge on any atom is 0.133 e. The smallest absolute Gasteiger partial charge is 0.133 e. The molecule has 0 heterocycles. The second kappa shape index (κ2) is 4.61. The van der Waals surface area contributed by atoms with Crippen molar-refractivity contribution in [2.45, 2.75) is 37.5 Å². The van der Waals surface area contributed by atoms with Gasteiger partial charge in [-0.25, -0.2) is 8.78 Å². The molecule has 1 aliphatic carbocycles. The van der Waals surface area contributed by atoms with Crippen molar-refractivity contribution in [3.05, 3.63) is 29.3 Å². The van der Waals surface area contributed by atoms with Gasteiger partial charge in [0.05, 0.1) is 0 Å². The SMILES string of the molecule is NCC1(c2c(O)cc(F)cc2F)CCCCC1. The lowest BCUT2D eigenvalue weighted by Crippen LogP contribution is -2.38. The molecule has 2 rings (SSSR count). The van der Waals surface area contributed by atoms with Crippen LogP contribution in [0.2, 0.25) is 0 Å². The van der Waals surface area contributed by atoms with Crippen molar-refractivity contribution in [1.82, 2.24) is 0 Å². The molecule has 3 N–H and O–H groups in total. The van der Waals surface area contributed by atoms with Gasteiger partial charge < -0.3 is 10.8 Å². The Labute approximate surface area is 99.4 Å². The number of rotatable bonds is 2. The Morgan fingerprint density at radius 2 is 1.82 bits per heavy atom. The monoisotopic (exact) mass is 241 g/mol. The van der Waals surface area contributed by atoms with Crippen LogP contribution in [-0.2, 0) is 5.41 Å². The fourth-order valence-electron chi connectivity index (χ4n) is 2.87. The summed E-state index contributed by atoms with van der Waals surface area (Å²) in [5.74, 6) is -1.75. The van der Waals surface area contributed by atoms with Crippen LogP contribution in [-0.4, -0.2) is 11.7 Å². The molecule has 0 aromatic heterocycles. The Hall–Kier alpha value is -1.16. The molecule has 1 saturated carbocycles. The third-order valence-electron chi connectivity index (χ3n) is 3.77. The van der Waals surface area contributed by atoms with Crippen LogP contribution in [0.5, 0.6) is 5.75 Å². The molecule has 2 nitrogen and oxygen atoms in total. The highest BCUT2D eigenvalue weighted by molar-refractivity contribution is 5.41. The zero-order valence-corrected chi connectivity index (χ0v) is 9.68. The Bertz CT molecular complexity index is 391. The van der Waals surface area contributed by atoms with E-state index in [1.807, 2.05) is 0 Å². The Balaban J connectivity index is 2.50. The standard InChI is InChI=1S/C13H17F2NO/c14-9-6-10(15)12(11(17)7-9)13(8-16)4-2-1-3-5-13/h6-7,17H,1-5,8,16H2. The number of aromatic hydroxyl groups is 1. The van der Waals surface area contributed by atoms with E-state index in [-0.39, 0.29) is 17.9 Å². The van der Waals surface area contributed by atoms with E-state index in [4.69, 9.17) is 5.73 Å². The van der Waals surface area contributed by atoms with Crippen LogP contribution in [0.1, 0.15) is 37.7 Å². The molecule has 0 aliphatic heterocycles. The van der Waals surface area contributed by atoms with E-state index in [0.717, 1.165) is 44.2 Å². The van der Waals surface area contributed by atoms with Crippen LogP contribution < -0.4 is 5.73 Å². The molecule has 1 fully saturated rings. The van der Waals surface area contributed by atoms with Gasteiger partial charge in [0.25, 0.3) is 0 Å². The molecular weight excluding hydrogens is 224 g/mol. The van der Waals surface area contributed by atoms with Crippen molar-refractivity contribution in [2.24, 2.45) is 5.73 Å². The van der Waals surface area contributed by atoms with Crippen molar-refractivity contribution in [3.63, 3.8) is 0 Å². The van der Waals surface area contributed by atoms with Gasteiger partial charge in [-0.3, -0.25) is 0 Å². The van der Waals surface area contributed by atoms with Crippen molar-refractivity contribution in [3.8, 4) is 5.75 Å². The van der Waals surface area contributed by atoms with E-state index in [1.54, 1.807) is 0 Å². The fraction of sp³-hybridized carbons (Fsp3) is 0.538. The summed E-state index contributed by atoms with van der Waals surface area (Å²) in [7, 11) is 0. The number of phenols is 1. The maximum atomic E-state index is 13.9. The number of halogens is 2. The molecule has 1 aromatic rings. The van der Waals surface area contributed by atoms with Crippen LogP contribution in [0.4, 0.5) is 8.78 Å². The molecule has 0 saturated heterocycles. The van der Waals surface area contributed by atoms with Gasteiger partial charge in [0, 0.05) is 29.7 Å². The highest BCUT2D eigenvalue weighted by Crippen LogP contribution is 2.43. The summed E-state index contributed by atoms with van der Waals surface area (Å²) in [6.07, 6.45) is 4.53. The fourth-order valence-corrected chi connectivity index (χ4v) is 2.87. The van der Waals surface area contributed by atoms with Gasteiger partial charge in [0.2, 0.25) is 0 Å². The summed E-state index contributed by atoms with van der Waals surface area (Å²) in [6.45, 7) is 0.281. The minimum Gasteiger partial charge on any atom is -0.507 e. The first-order chi connectivity index (χ1) is 8.09. The van der Waals surface area contributed by atoms with Gasteiger partial charge >= 0.3 is 0 Å². The summed E-state index contributed by atoms with van der Waals surface area (Å²) < 4.78 is 26.8. The van der Waals surface area contributed by atoms with Gasteiger partial charge in [-0.1, -0.05) is 19.3 Å². The van der Waals surface area contributed by atoms with E-state index < -0.39 is 17.0 Å². The summed E-state index contributed by atoms with van der Waals surface area (Å²) in [4.78, 5) is 0. The Morgan fingerprint density at radius 3 is 2.35 bits per heavy atom. The van der Waals surface area contributed by atoms with Crippen LogP contribution in [0.15, 0.2) is 12.1 Å². The average Bonchev–Trinajstić information content (AvgIpc) is 2.28. The molecule has 0 bridgehead atoms. The van der Waals surface area contributed by atoms with Crippen molar-refractivity contribution in [2.75, 3.05) is 6.54 Å². The van der Waals surface area contributed by atoms with Crippen molar-refractivity contribution < 1.29 is 13.9 Å². The predicted octanol–water partition coefficient (Wildman–Crippen LogP) is 2.83. The van der Waals surface area contributed by atoms with Gasteiger partial charge in [-0.15, -0.1) is 0 Å². The third-order valence-corrected chi connectivity index (χ3v) is 3.77. The second-order valence-corrected chi connectivity index (χ2v) is 4.83. The number of hydrogen-bond acceptors (Lipinski definition) is 2. The first-order valence-electron chi connectivity index (χ1n) is 5.98. The molecule has 0 atom stereocenters. The van der Waals surface area contributed by atoms with Gasteiger partial charge in [0.1, 0.15) is 17.4 Å². The van der Waals surface area contributed by atoms with Crippen LogP contribution >= 0.6 is 0 Å². The number of phenolic OH excluding ortho intramolecular Hbond substituents is 1. The molecular formula is C13H17F2NO. The number of benzene rings is 1. The normalized spacial score (nSPS) is 19.2. The largest absolute Gasteiger partial charge is 0.507 e. The summed E-state index contributed by atoms with van der Waals surface area (Å²) in [5.41, 5.74) is 5.44. The highest BCUT2D eigenvalue weighted by Gasteiger charge is 2.37. The Morgan fingerprint density at radius 1 is 1.18 bits per heavy atom. The number of nitrogens with two attached hydrogens (primary N) is 1. The van der Waals surface area contributed by atoms with Crippen molar-refractivity contribution in [1.29, 1.82) is 0 Å². The zero-order chi connectivity index (χ0) is 12.5. The Kier molecular flexibility index (Phi) is 3.33. The van der Waals surface area contributed by atoms with E-state index >= 15 is 0 Å². The molecule has 1 aromatic carbocycles. The zero-order valence-electron chi connectivity index (χ0n) is 9.68. The first kappa shape index (κ1) is 12.3. The molecule has 0 spiro atoms. The molecule has 17 heavy (non-hydrogen) atoms. The van der Waals surface area contributed by atoms with Gasteiger partial charge in [0.15, 0.2) is 0 Å². The summed E-state index contributed by atoms with van der Waals surface area (Å²) in [6, 6.07) is 1.78. The van der Waals surface area contributed by atoms with Crippen molar-refractivity contribution >= 4 is 0 Å². The average molecular weight is 241 g/mol. The number of hydrogen-bond donors (Lipinski definition) is 2. The molecule has 4 heteroatoms. The van der Waals surface area contributed by atoms with Crippen LogP contribution in [0.25, 0.3) is 0 Å². The lowest BCUT2D eigenvalue weighted by Gasteiger charge is -2.37. The third kappa shape index (κ3) is 2.14. The minimum atomic E-state index is -0.758. The lowest BCUT2D eigenvalue weighted by molar-refractivity contribution is 0.280. The van der Waals surface area contributed by atoms with E-state index in [1.165, 1.54) is 0 Å². The predicted molar refractivity (Wildman–Crippen MR) is 61.8 cm³/mol. The van der Waals surface area contributed by atoms with Gasteiger partial charge in [-0.2, -0.15) is 0 Å². The molecule has 0 amide bonds. The van der Waals surface area contributed by atoms with Gasteiger partial charge in [-0.05, 0) is 12.8 Å². The molecule has 94 valence electrons. The lowest BCUT2D eigenvalue weighted by atomic mass is 9.69. The highest BCUT2D eigenvalue weighted by atomic mass is 19.1. The quantitative estimate of drug-likeness (QED) is 0.836. The van der Waals surface area contributed by atoms with E-state index in [0.29, 0.717) is 0 Å². The van der Waals surface area contributed by atoms with Crippen LogP contribution in [0.3, 0.4) is 0 Å². The topological polar surface area (TPSA) is 46.2 Å². The molecule has 0 unspecified atom stereocenters. The summed E-state index contributed by atoms with van der Waals surface area (Å²) in [5, 5.41) is 9.79. The maximum absolute atomic E-state index is 13.9.